The second kappa shape index (κ2) is 3.02. The first-order valence-corrected chi connectivity index (χ1v) is 3.98. The third-order valence-corrected chi connectivity index (χ3v) is 2.26. The SMILES string of the molecule is C[C@H](N)c1cc(C(F)(F)F)ns1. The molecule has 1 aromatic rings. The molecular formula is C6H7F3N2S. The Balaban J connectivity index is 2.92. The number of nitrogens with zero attached hydrogens (tertiary/aromatic N) is 1. The van der Waals surface area contributed by atoms with Crippen molar-refractivity contribution in [2.45, 2.75) is 19.1 Å². The van der Waals surface area contributed by atoms with E-state index in [1.165, 1.54) is 0 Å². The minimum absolute atomic E-state index is 0.390. The molecule has 0 amide bonds. The second-order valence-corrected chi connectivity index (χ2v) is 3.24. The minimum Gasteiger partial charge on any atom is -0.323 e. The van der Waals surface area contributed by atoms with Crippen molar-refractivity contribution in [3.8, 4) is 0 Å². The molecule has 0 saturated heterocycles. The Morgan fingerprint density at radius 2 is 2.17 bits per heavy atom. The molecule has 0 saturated carbocycles. The molecule has 0 aliphatic carbocycles. The molecule has 0 spiro atoms. The van der Waals surface area contributed by atoms with Crippen LogP contribution >= 0.6 is 11.5 Å². The van der Waals surface area contributed by atoms with E-state index in [4.69, 9.17) is 5.73 Å². The topological polar surface area (TPSA) is 38.9 Å². The van der Waals surface area contributed by atoms with Gasteiger partial charge in [0.2, 0.25) is 0 Å². The lowest BCUT2D eigenvalue weighted by molar-refractivity contribution is -0.140. The summed E-state index contributed by atoms with van der Waals surface area (Å²) in [5.74, 6) is 0. The Morgan fingerprint density at radius 3 is 2.42 bits per heavy atom. The molecule has 6 heteroatoms. The molecule has 0 aliphatic rings. The van der Waals surface area contributed by atoms with Gasteiger partial charge in [-0.25, -0.2) is 0 Å². The van der Waals surface area contributed by atoms with Gasteiger partial charge in [-0.3, -0.25) is 0 Å². The fourth-order valence-electron chi connectivity index (χ4n) is 0.637. The number of halogens is 3. The maximum Gasteiger partial charge on any atom is 0.434 e. The first-order chi connectivity index (χ1) is 5.41. The van der Waals surface area contributed by atoms with E-state index >= 15 is 0 Å². The van der Waals surface area contributed by atoms with Gasteiger partial charge in [0.15, 0.2) is 5.69 Å². The summed E-state index contributed by atoms with van der Waals surface area (Å²) in [4.78, 5) is 0.447. The van der Waals surface area contributed by atoms with Crippen LogP contribution < -0.4 is 5.73 Å². The first kappa shape index (κ1) is 9.47. The molecule has 1 atom stereocenters. The van der Waals surface area contributed by atoms with Gasteiger partial charge in [0.05, 0.1) is 0 Å². The predicted octanol–water partition coefficient (Wildman–Crippen LogP) is 2.18. The number of aromatic nitrogens is 1. The van der Waals surface area contributed by atoms with Gasteiger partial charge in [-0.15, -0.1) is 0 Å². The van der Waals surface area contributed by atoms with Gasteiger partial charge in [-0.2, -0.15) is 17.5 Å². The second-order valence-electron chi connectivity index (χ2n) is 2.40. The van der Waals surface area contributed by atoms with Crippen molar-refractivity contribution in [1.82, 2.24) is 4.37 Å². The van der Waals surface area contributed by atoms with Crippen LogP contribution in [-0.2, 0) is 6.18 Å². The maximum absolute atomic E-state index is 12.0. The number of rotatable bonds is 1. The molecule has 0 bridgehead atoms. The Kier molecular flexibility index (Phi) is 2.39. The van der Waals surface area contributed by atoms with E-state index in [0.717, 1.165) is 17.6 Å². The van der Waals surface area contributed by atoms with Gasteiger partial charge in [-0.1, -0.05) is 0 Å². The van der Waals surface area contributed by atoms with Crippen LogP contribution in [0.4, 0.5) is 13.2 Å². The number of alkyl halides is 3. The summed E-state index contributed by atoms with van der Waals surface area (Å²) in [6.45, 7) is 1.62. The third-order valence-electron chi connectivity index (χ3n) is 1.27. The summed E-state index contributed by atoms with van der Waals surface area (Å²) >= 11 is 0.790. The Labute approximate surface area is 71.4 Å². The standard InChI is InChI=1S/C6H7F3N2S/c1-3(10)4-2-5(11-12-4)6(7,8)9/h2-3H,10H2,1H3/t3-/m0/s1. The minimum atomic E-state index is -4.36. The largest absolute Gasteiger partial charge is 0.434 e. The van der Waals surface area contributed by atoms with Crippen molar-refractivity contribution in [2.75, 3.05) is 0 Å². The molecule has 0 aromatic carbocycles. The normalized spacial score (nSPS) is 14.8. The van der Waals surface area contributed by atoms with E-state index < -0.39 is 17.9 Å². The van der Waals surface area contributed by atoms with Gasteiger partial charge in [0.1, 0.15) is 0 Å². The summed E-state index contributed by atoms with van der Waals surface area (Å²) in [7, 11) is 0. The third kappa shape index (κ3) is 1.95. The Morgan fingerprint density at radius 1 is 1.58 bits per heavy atom. The lowest BCUT2D eigenvalue weighted by atomic mass is 10.2. The molecule has 0 aliphatic heterocycles. The van der Waals surface area contributed by atoms with Gasteiger partial charge < -0.3 is 5.73 Å². The first-order valence-electron chi connectivity index (χ1n) is 3.20. The van der Waals surface area contributed by atoms with Gasteiger partial charge in [0, 0.05) is 10.9 Å². The highest BCUT2D eigenvalue weighted by molar-refractivity contribution is 7.05. The summed E-state index contributed by atoms with van der Waals surface area (Å²) in [5, 5.41) is 0. The van der Waals surface area contributed by atoms with E-state index in [0.29, 0.717) is 4.88 Å². The summed E-state index contributed by atoms with van der Waals surface area (Å²) in [5.41, 5.74) is 4.51. The van der Waals surface area contributed by atoms with Crippen molar-refractivity contribution in [3.63, 3.8) is 0 Å². The van der Waals surface area contributed by atoms with Crippen LogP contribution in [0.25, 0.3) is 0 Å². The number of hydrogen-bond donors (Lipinski definition) is 1. The van der Waals surface area contributed by atoms with E-state index in [2.05, 4.69) is 4.37 Å². The molecule has 1 rings (SSSR count). The molecule has 0 fully saturated rings. The summed E-state index contributed by atoms with van der Waals surface area (Å²) < 4.78 is 39.1. The Hall–Kier alpha value is -0.620. The molecule has 2 nitrogen and oxygen atoms in total. The Bertz CT molecular complexity index is 266. The van der Waals surface area contributed by atoms with Gasteiger partial charge in [0.25, 0.3) is 0 Å². The smallest absolute Gasteiger partial charge is 0.323 e. The van der Waals surface area contributed by atoms with E-state index in [9.17, 15) is 13.2 Å². The number of nitrogens with two attached hydrogens (primary N) is 1. The quantitative estimate of drug-likeness (QED) is 0.747. The fraction of sp³-hybridized carbons (Fsp3) is 0.500. The van der Waals surface area contributed by atoms with Crippen molar-refractivity contribution in [3.05, 3.63) is 16.6 Å². The van der Waals surface area contributed by atoms with Crippen LogP contribution in [0.5, 0.6) is 0 Å². The monoisotopic (exact) mass is 196 g/mol. The van der Waals surface area contributed by atoms with Crippen LogP contribution in [0.1, 0.15) is 23.5 Å². The van der Waals surface area contributed by atoms with Gasteiger partial charge in [-0.05, 0) is 24.5 Å². The lowest BCUT2D eigenvalue weighted by Gasteiger charge is -2.00. The fourth-order valence-corrected chi connectivity index (χ4v) is 1.33. The maximum atomic E-state index is 12.0. The predicted molar refractivity (Wildman–Crippen MR) is 39.7 cm³/mol. The van der Waals surface area contributed by atoms with Crippen LogP contribution in [0.2, 0.25) is 0 Å². The van der Waals surface area contributed by atoms with Crippen LogP contribution in [-0.4, -0.2) is 4.37 Å². The molecule has 1 aromatic heterocycles. The molecule has 0 unspecified atom stereocenters. The summed E-state index contributed by atoms with van der Waals surface area (Å²) in [6.07, 6.45) is -4.36. The van der Waals surface area contributed by atoms with Crippen molar-refractivity contribution < 1.29 is 13.2 Å². The summed E-state index contributed by atoms with van der Waals surface area (Å²) in [6, 6.07) is 0.591. The lowest BCUT2D eigenvalue weighted by Crippen LogP contribution is -2.05. The molecule has 68 valence electrons. The van der Waals surface area contributed by atoms with Crippen molar-refractivity contribution >= 4 is 11.5 Å². The number of hydrogen-bond acceptors (Lipinski definition) is 3. The van der Waals surface area contributed by atoms with Gasteiger partial charge >= 0.3 is 6.18 Å². The average molecular weight is 196 g/mol. The highest BCUT2D eigenvalue weighted by Gasteiger charge is 2.33. The molecule has 1 heterocycles. The van der Waals surface area contributed by atoms with E-state index in [-0.39, 0.29) is 0 Å². The van der Waals surface area contributed by atoms with Crippen molar-refractivity contribution in [2.24, 2.45) is 5.73 Å². The zero-order valence-electron chi connectivity index (χ0n) is 6.22. The molecule has 12 heavy (non-hydrogen) atoms. The molecular weight excluding hydrogens is 189 g/mol. The highest BCUT2D eigenvalue weighted by atomic mass is 32.1. The van der Waals surface area contributed by atoms with Crippen LogP contribution in [0.15, 0.2) is 6.07 Å². The highest BCUT2D eigenvalue weighted by Crippen LogP contribution is 2.31. The van der Waals surface area contributed by atoms with E-state index in [1.807, 2.05) is 0 Å². The molecule has 0 radical (unpaired) electrons. The van der Waals surface area contributed by atoms with E-state index in [1.54, 1.807) is 6.92 Å². The average Bonchev–Trinajstić information content (AvgIpc) is 2.30. The van der Waals surface area contributed by atoms with Crippen molar-refractivity contribution in [1.29, 1.82) is 0 Å². The zero-order chi connectivity index (χ0) is 9.35. The molecule has 2 N–H and O–H groups in total. The van der Waals surface area contributed by atoms with Crippen LogP contribution in [0.3, 0.4) is 0 Å². The van der Waals surface area contributed by atoms with Crippen LogP contribution in [0, 0.1) is 0 Å². The zero-order valence-corrected chi connectivity index (χ0v) is 7.04.